The lowest BCUT2D eigenvalue weighted by Gasteiger charge is -2.34. The van der Waals surface area contributed by atoms with Gasteiger partial charge in [0.25, 0.3) is 5.91 Å². The van der Waals surface area contributed by atoms with Crippen LogP contribution >= 0.6 is 23.2 Å². The maximum Gasteiger partial charge on any atom is 0.335 e. The Hall–Kier alpha value is -4.77. The number of hydrogen-bond acceptors (Lipinski definition) is 5. The number of carbonyl (C=O) groups excluding carboxylic acids is 1. The molecule has 1 fully saturated rings. The molecule has 1 atom stereocenters. The highest BCUT2D eigenvalue weighted by Crippen LogP contribution is 2.46. The van der Waals surface area contributed by atoms with E-state index in [9.17, 15) is 9.90 Å². The second-order valence-electron chi connectivity index (χ2n) is 15.9. The number of halogens is 2. The van der Waals surface area contributed by atoms with Gasteiger partial charge in [0, 0.05) is 71.5 Å². The lowest BCUT2D eigenvalue weighted by molar-refractivity contribution is 0.0696. The molecule has 2 aliphatic rings. The minimum Gasteiger partial charge on any atom is -0.494 e. The average Bonchev–Trinajstić information content (AvgIpc) is 3.81. The van der Waals surface area contributed by atoms with Crippen molar-refractivity contribution in [2.45, 2.75) is 79.3 Å². The fourth-order valence-electron chi connectivity index (χ4n) is 9.18. The van der Waals surface area contributed by atoms with E-state index in [4.69, 9.17) is 33.0 Å². The third kappa shape index (κ3) is 6.99. The summed E-state index contributed by atoms with van der Waals surface area (Å²) in [6.45, 7) is 14.8. The molecule has 0 aliphatic carbocycles. The average molecular weight is 810 g/mol. The van der Waals surface area contributed by atoms with E-state index in [1.54, 1.807) is 12.1 Å². The number of rotatable bonds is 11. The van der Waals surface area contributed by atoms with Crippen LogP contribution in [-0.4, -0.2) is 73.6 Å². The summed E-state index contributed by atoms with van der Waals surface area (Å²) in [4.78, 5) is 32.0. The molecule has 12 heteroatoms. The molecule has 0 radical (unpaired) electrons. The first kappa shape index (κ1) is 39.1. The van der Waals surface area contributed by atoms with Gasteiger partial charge in [-0.3, -0.25) is 9.48 Å². The summed E-state index contributed by atoms with van der Waals surface area (Å²) in [7, 11) is 1.94. The Bertz CT molecular complexity index is 2540. The van der Waals surface area contributed by atoms with E-state index in [0.29, 0.717) is 36.7 Å². The maximum absolute atomic E-state index is 15.3. The number of nitrogens with zero attached hydrogens (tertiary/aromatic N) is 6. The zero-order valence-electron chi connectivity index (χ0n) is 33.6. The van der Waals surface area contributed by atoms with Gasteiger partial charge in [0.2, 0.25) is 0 Å². The second kappa shape index (κ2) is 15.5. The van der Waals surface area contributed by atoms with Crippen molar-refractivity contribution in [2.75, 3.05) is 37.7 Å². The first-order chi connectivity index (χ1) is 27.3. The van der Waals surface area contributed by atoms with Crippen LogP contribution in [-0.2, 0) is 20.0 Å². The Morgan fingerprint density at radius 2 is 1.68 bits per heavy atom. The van der Waals surface area contributed by atoms with Crippen LogP contribution in [0.4, 0.5) is 5.69 Å². The Morgan fingerprint density at radius 3 is 2.37 bits per heavy atom. The van der Waals surface area contributed by atoms with Gasteiger partial charge in [0.1, 0.15) is 11.4 Å². The zero-order chi connectivity index (χ0) is 40.3. The Kier molecular flexibility index (Phi) is 10.6. The van der Waals surface area contributed by atoms with Crippen LogP contribution in [0.3, 0.4) is 0 Å². The quantitative estimate of drug-likeness (QED) is 0.131. The van der Waals surface area contributed by atoms with Gasteiger partial charge in [-0.05, 0) is 126 Å². The van der Waals surface area contributed by atoms with Crippen LogP contribution in [0.5, 0.6) is 5.75 Å². The fraction of sp³-hybridized carbons (Fsp3) is 0.400. The summed E-state index contributed by atoms with van der Waals surface area (Å²) in [6, 6.07) is 13.0. The summed E-state index contributed by atoms with van der Waals surface area (Å²) in [5.41, 5.74) is 9.95. The highest BCUT2D eigenvalue weighted by Gasteiger charge is 2.38. The van der Waals surface area contributed by atoms with Crippen LogP contribution in [0.25, 0.3) is 32.9 Å². The number of aromatic carboxylic acids is 1. The molecular formula is C45H50Cl2N6O4. The predicted octanol–water partition coefficient (Wildman–Crippen LogP) is 9.95. The Labute approximate surface area is 343 Å². The van der Waals surface area contributed by atoms with Crippen LogP contribution < -0.4 is 9.64 Å². The van der Waals surface area contributed by atoms with Gasteiger partial charge in [-0.2, -0.15) is 5.10 Å². The van der Waals surface area contributed by atoms with E-state index in [1.165, 1.54) is 19.3 Å². The van der Waals surface area contributed by atoms with E-state index in [1.807, 2.05) is 74.7 Å². The number of likely N-dealkylation sites (tertiary alicyclic amines) is 1. The molecule has 1 N–H and O–H groups in total. The number of ether oxygens (including phenoxy) is 1. The third-order valence-corrected chi connectivity index (χ3v) is 13.0. The number of fused-ring (bicyclic) bond motifs is 4. The number of carboxylic acids is 1. The van der Waals surface area contributed by atoms with Crippen molar-refractivity contribution in [3.05, 3.63) is 98.0 Å². The zero-order valence-corrected chi connectivity index (χ0v) is 35.1. The monoisotopic (exact) mass is 808 g/mol. The van der Waals surface area contributed by atoms with Crippen LogP contribution in [0.15, 0.2) is 48.7 Å². The summed E-state index contributed by atoms with van der Waals surface area (Å²) < 4.78 is 12.5. The van der Waals surface area contributed by atoms with Crippen LogP contribution in [0.2, 0.25) is 10.0 Å². The molecule has 10 nitrogen and oxygen atoms in total. The lowest BCUT2D eigenvalue weighted by atomic mass is 9.98. The van der Waals surface area contributed by atoms with Crippen molar-refractivity contribution in [1.29, 1.82) is 0 Å². The lowest BCUT2D eigenvalue weighted by Crippen LogP contribution is -2.42. The van der Waals surface area contributed by atoms with Gasteiger partial charge in [0.15, 0.2) is 0 Å². The van der Waals surface area contributed by atoms with Gasteiger partial charge in [-0.15, -0.1) is 0 Å². The number of anilines is 1. The molecule has 3 aromatic carbocycles. The van der Waals surface area contributed by atoms with Gasteiger partial charge >= 0.3 is 5.97 Å². The molecular weight excluding hydrogens is 759 g/mol. The molecule has 57 heavy (non-hydrogen) atoms. The highest BCUT2D eigenvalue weighted by atomic mass is 35.5. The molecule has 1 saturated heterocycles. The summed E-state index contributed by atoms with van der Waals surface area (Å²) in [6.07, 6.45) is 6.98. The number of amides is 1. The van der Waals surface area contributed by atoms with Crippen LogP contribution in [0, 0.1) is 27.7 Å². The number of hydrogen-bond donors (Lipinski definition) is 1. The maximum atomic E-state index is 15.3. The van der Waals surface area contributed by atoms with Gasteiger partial charge in [-0.25, -0.2) is 4.79 Å². The Balaban J connectivity index is 1.24. The standard InChI is InChI=1S/C45H50Cl2N6O4/c1-26-21-32(22-27(2)41(26)47)57-20-10-11-33-34-13-14-36(46)40(39-29(4)48-49(6)30(39)5)42(34)53-28(3)24-52(44(54)43(33)53)38-25-51(19-18-50-16-8-7-9-17-50)37-15-12-31(45(55)56)23-35(37)38/h12-15,21-23,25,28H,7-11,16-20,24H2,1-6H3,(H,55,56). The van der Waals surface area contributed by atoms with Gasteiger partial charge < -0.3 is 28.8 Å². The van der Waals surface area contributed by atoms with E-state index >= 15 is 4.79 Å². The minimum atomic E-state index is -0.999. The van der Waals surface area contributed by atoms with Crippen LogP contribution in [0.1, 0.15) is 87.6 Å². The van der Waals surface area contributed by atoms with E-state index < -0.39 is 5.97 Å². The Morgan fingerprint density at radius 1 is 0.947 bits per heavy atom. The number of aryl methyl sites for hydroxylation is 5. The number of benzene rings is 3. The van der Waals surface area contributed by atoms with Crippen molar-refractivity contribution in [2.24, 2.45) is 7.05 Å². The number of aromatic nitrogens is 4. The molecule has 0 saturated carbocycles. The van der Waals surface area contributed by atoms with Gasteiger partial charge in [0.05, 0.1) is 39.6 Å². The molecule has 6 aromatic rings. The molecule has 8 rings (SSSR count). The number of carboxylic acid groups (broad SMARTS) is 1. The summed E-state index contributed by atoms with van der Waals surface area (Å²) in [5.74, 6) is -0.356. The number of carbonyl (C=O) groups is 2. The topological polar surface area (TPSA) is 97.8 Å². The van der Waals surface area contributed by atoms with Crippen molar-refractivity contribution in [3.63, 3.8) is 0 Å². The van der Waals surface area contributed by atoms with Crippen molar-refractivity contribution in [1.82, 2.24) is 23.8 Å². The van der Waals surface area contributed by atoms with E-state index in [2.05, 4.69) is 27.2 Å². The minimum absolute atomic E-state index is 0.123. The molecule has 0 bridgehead atoms. The summed E-state index contributed by atoms with van der Waals surface area (Å²) >= 11 is 13.6. The number of piperidine rings is 1. The van der Waals surface area contributed by atoms with Crippen molar-refractivity contribution >= 4 is 62.6 Å². The highest BCUT2D eigenvalue weighted by molar-refractivity contribution is 6.35. The van der Waals surface area contributed by atoms with Crippen molar-refractivity contribution < 1.29 is 19.4 Å². The predicted molar refractivity (Wildman–Crippen MR) is 229 cm³/mol. The third-order valence-electron chi connectivity index (χ3n) is 12.1. The molecule has 5 heterocycles. The smallest absolute Gasteiger partial charge is 0.335 e. The summed E-state index contributed by atoms with van der Waals surface area (Å²) in [5, 5.41) is 17.9. The second-order valence-corrected chi connectivity index (χ2v) is 16.7. The molecule has 2 aliphatic heterocycles. The molecule has 1 unspecified atom stereocenters. The largest absolute Gasteiger partial charge is 0.494 e. The molecule has 1 amide bonds. The van der Waals surface area contributed by atoms with E-state index in [-0.39, 0.29) is 17.5 Å². The van der Waals surface area contributed by atoms with E-state index in [0.717, 1.165) is 104 Å². The first-order valence-electron chi connectivity index (χ1n) is 20.0. The molecule has 298 valence electrons. The normalized spacial score (nSPS) is 16.2. The van der Waals surface area contributed by atoms with Gasteiger partial charge in [-0.1, -0.05) is 35.7 Å². The van der Waals surface area contributed by atoms with Crippen molar-refractivity contribution in [3.8, 4) is 16.9 Å². The SMILES string of the molecule is Cc1cc(OCCCc2c3n(c4c(-c5c(C)nn(C)c5C)c(Cl)ccc24)C(C)CN(c2cn(CCN4CCCCC4)c4ccc(C(=O)O)cc24)C3=O)cc(C)c1Cl. The molecule has 0 spiro atoms. The fourth-order valence-corrected chi connectivity index (χ4v) is 9.54. The molecule has 3 aromatic heterocycles. The first-order valence-corrected chi connectivity index (χ1v) is 20.7.